The van der Waals surface area contributed by atoms with Gasteiger partial charge >= 0.3 is 5.69 Å². The maximum Gasteiger partial charge on any atom is 0.312 e. The molecule has 0 unspecified atom stereocenters. The molecule has 0 saturated carbocycles. The molecular weight excluding hydrogens is 614 g/mol. The van der Waals surface area contributed by atoms with Gasteiger partial charge in [-0.1, -0.05) is 94.7 Å². The van der Waals surface area contributed by atoms with Crippen molar-refractivity contribution >= 4 is 50.8 Å². The number of hydrogen-bond acceptors (Lipinski definition) is 8. The molecule has 0 saturated heterocycles. The Morgan fingerprint density at radius 1 is 0.818 bits per heavy atom. The number of hydrogen-bond donors (Lipinski definition) is 0. The van der Waals surface area contributed by atoms with Gasteiger partial charge in [0.25, 0.3) is 0 Å². The summed E-state index contributed by atoms with van der Waals surface area (Å²) < 4.78 is 17.4. The summed E-state index contributed by atoms with van der Waals surface area (Å²) in [5, 5.41) is 11.5. The number of aldehydes is 1. The van der Waals surface area contributed by atoms with Gasteiger partial charge in [0.1, 0.15) is 6.61 Å². The highest BCUT2D eigenvalue weighted by Gasteiger charge is 2.50. The summed E-state index contributed by atoms with van der Waals surface area (Å²) in [7, 11) is -3.82. The van der Waals surface area contributed by atoms with Crippen molar-refractivity contribution in [3.05, 3.63) is 57.3 Å². The van der Waals surface area contributed by atoms with E-state index in [1.807, 2.05) is 0 Å². The fourth-order valence-electron chi connectivity index (χ4n) is 7.50. The molecule has 0 atom stereocenters. The lowest BCUT2D eigenvalue weighted by Crippen LogP contribution is -2.56. The van der Waals surface area contributed by atoms with E-state index in [-0.39, 0.29) is 23.1 Å². The Balaban J connectivity index is 0.000000342. The average Bonchev–Trinajstić information content (AvgIpc) is 3.58. The highest BCUT2D eigenvalue weighted by atomic mass is 35.5. The SMILES string of the molecule is CC(C)[Si](c1ncc(C=O)o1)(C(C)C)C(C)C.CC(C)[Si](c1ncc(COc2ccc(Cl)cc2[N+](=O)[O-])o1)(C(C)C)C(C)C. The molecule has 0 aliphatic heterocycles. The summed E-state index contributed by atoms with van der Waals surface area (Å²) in [6.07, 6.45) is 3.96. The van der Waals surface area contributed by atoms with Crippen molar-refractivity contribution in [1.29, 1.82) is 0 Å². The fraction of sp³-hybridized carbons (Fsp3) is 0.594. The van der Waals surface area contributed by atoms with Crippen molar-refractivity contribution in [3.63, 3.8) is 0 Å². The van der Waals surface area contributed by atoms with Crippen LogP contribution in [-0.4, -0.2) is 37.3 Å². The maximum absolute atomic E-state index is 11.2. The van der Waals surface area contributed by atoms with E-state index in [9.17, 15) is 14.9 Å². The second kappa shape index (κ2) is 15.5. The predicted octanol–water partition coefficient (Wildman–Crippen LogP) is 9.07. The Morgan fingerprint density at radius 3 is 1.68 bits per heavy atom. The molecule has 0 spiro atoms. The molecule has 0 bridgehead atoms. The lowest BCUT2D eigenvalue weighted by molar-refractivity contribution is -0.385. The fourth-order valence-corrected chi connectivity index (χ4v) is 19.8. The molecule has 9 nitrogen and oxygen atoms in total. The minimum Gasteiger partial charge on any atom is -0.479 e. The average molecular weight is 664 g/mol. The van der Waals surface area contributed by atoms with Crippen LogP contribution in [0.2, 0.25) is 38.3 Å². The van der Waals surface area contributed by atoms with Crippen molar-refractivity contribution in [2.45, 2.75) is 123 Å². The molecular formula is C32H50ClN3O6Si2. The number of carbonyl (C=O) groups excluding carboxylic acids is 1. The van der Waals surface area contributed by atoms with Crippen LogP contribution in [0, 0.1) is 10.1 Å². The molecule has 0 radical (unpaired) electrons. The largest absolute Gasteiger partial charge is 0.479 e. The van der Waals surface area contributed by atoms with E-state index in [1.54, 1.807) is 18.5 Å². The van der Waals surface area contributed by atoms with Crippen molar-refractivity contribution in [2.24, 2.45) is 0 Å². The Hall–Kier alpha value is -2.77. The van der Waals surface area contributed by atoms with Gasteiger partial charge in [-0.05, 0) is 45.4 Å². The van der Waals surface area contributed by atoms with Crippen LogP contribution in [0.25, 0.3) is 0 Å². The van der Waals surface area contributed by atoms with Crippen LogP contribution in [0.5, 0.6) is 5.75 Å². The minimum atomic E-state index is -1.99. The zero-order valence-corrected chi connectivity index (χ0v) is 31.1. The lowest BCUT2D eigenvalue weighted by Gasteiger charge is -2.39. The summed E-state index contributed by atoms with van der Waals surface area (Å²) >= 11 is 5.84. The van der Waals surface area contributed by atoms with E-state index in [0.717, 1.165) is 17.3 Å². The number of halogens is 1. The van der Waals surface area contributed by atoms with Crippen LogP contribution in [0.1, 0.15) is 99.4 Å². The summed E-state index contributed by atoms with van der Waals surface area (Å²) in [5.41, 5.74) is 4.54. The smallest absolute Gasteiger partial charge is 0.312 e. The van der Waals surface area contributed by atoms with Crippen molar-refractivity contribution in [1.82, 2.24) is 9.97 Å². The Kier molecular flexibility index (Phi) is 13.2. The number of carbonyl (C=O) groups is 1. The third-order valence-corrected chi connectivity index (χ3v) is 22.8. The molecule has 1 aromatic carbocycles. The van der Waals surface area contributed by atoms with E-state index in [2.05, 4.69) is 93.1 Å². The molecule has 12 heteroatoms. The summed E-state index contributed by atoms with van der Waals surface area (Å²) in [4.78, 5) is 30.4. The summed E-state index contributed by atoms with van der Waals surface area (Å²) in [6, 6.07) is 4.33. The van der Waals surface area contributed by atoms with Crippen LogP contribution in [0.4, 0.5) is 5.69 Å². The van der Waals surface area contributed by atoms with E-state index < -0.39 is 21.1 Å². The number of nitro benzene ring substituents is 1. The van der Waals surface area contributed by atoms with Crippen LogP contribution >= 0.6 is 11.6 Å². The van der Waals surface area contributed by atoms with Gasteiger partial charge in [-0.15, -0.1) is 0 Å². The number of nitrogens with zero attached hydrogens (tertiary/aromatic N) is 3. The molecule has 3 rings (SSSR count). The first-order valence-electron chi connectivity index (χ1n) is 15.4. The molecule has 3 aromatic rings. The van der Waals surface area contributed by atoms with Gasteiger partial charge in [-0.3, -0.25) is 14.9 Å². The zero-order valence-electron chi connectivity index (χ0n) is 28.3. The molecule has 0 amide bonds. The Morgan fingerprint density at radius 2 is 1.27 bits per heavy atom. The van der Waals surface area contributed by atoms with E-state index in [4.69, 9.17) is 25.2 Å². The lowest BCUT2D eigenvalue weighted by atomic mass is 10.3. The van der Waals surface area contributed by atoms with Gasteiger partial charge in [0.2, 0.25) is 0 Å². The Labute approximate surface area is 269 Å². The summed E-state index contributed by atoms with van der Waals surface area (Å²) in [5.74, 6) is 1.06. The number of oxazole rings is 2. The molecule has 0 N–H and O–H groups in total. The first-order valence-corrected chi connectivity index (χ1v) is 20.2. The third kappa shape index (κ3) is 7.54. The molecule has 0 aliphatic carbocycles. The molecule has 0 fully saturated rings. The molecule has 44 heavy (non-hydrogen) atoms. The first kappa shape index (κ1) is 37.4. The second-order valence-corrected chi connectivity index (χ2v) is 25.2. The predicted molar refractivity (Wildman–Crippen MR) is 182 cm³/mol. The van der Waals surface area contributed by atoms with Crippen molar-refractivity contribution < 1.29 is 23.3 Å². The van der Waals surface area contributed by atoms with Gasteiger partial charge in [-0.2, -0.15) is 0 Å². The topological polar surface area (TPSA) is 122 Å². The van der Waals surface area contributed by atoms with Gasteiger partial charge in [0.05, 0.1) is 17.3 Å². The standard InChI is InChI=1S/C19H27ClN2O4Si.C13H23NO2Si/c1-12(2)27(13(3)4,14(5)6)19-21-10-16(26-19)11-25-18-8-7-15(20)9-17(18)22(23)24;1-9(2)17(10(3)4,11(5)6)13-14-7-12(8-15)16-13/h7-10,12-14H,11H2,1-6H3;7-11H,1-6H3. The highest BCUT2D eigenvalue weighted by molar-refractivity contribution is 6.94. The monoisotopic (exact) mass is 663 g/mol. The first-order chi connectivity index (χ1) is 20.5. The number of aromatic nitrogens is 2. The third-order valence-electron chi connectivity index (χ3n) is 9.15. The Bertz CT molecular complexity index is 1340. The van der Waals surface area contributed by atoms with E-state index in [1.165, 1.54) is 12.1 Å². The second-order valence-electron chi connectivity index (χ2n) is 13.3. The molecule has 2 heterocycles. The normalized spacial score (nSPS) is 12.4. The zero-order chi connectivity index (χ0) is 33.6. The van der Waals surface area contributed by atoms with Gasteiger partial charge in [0, 0.05) is 11.1 Å². The number of rotatable bonds is 13. The van der Waals surface area contributed by atoms with Crippen LogP contribution in [0.3, 0.4) is 0 Å². The minimum absolute atomic E-state index is 0.0776. The quantitative estimate of drug-likeness (QED) is 0.0768. The summed E-state index contributed by atoms with van der Waals surface area (Å²) in [6.45, 7) is 27.0. The van der Waals surface area contributed by atoms with E-state index in [0.29, 0.717) is 44.8 Å². The highest BCUT2D eigenvalue weighted by Crippen LogP contribution is 2.42. The maximum atomic E-state index is 11.2. The van der Waals surface area contributed by atoms with Gasteiger partial charge in [0.15, 0.2) is 50.7 Å². The number of ether oxygens (including phenoxy) is 1. The number of nitro groups is 1. The molecule has 244 valence electrons. The van der Waals surface area contributed by atoms with Gasteiger partial charge < -0.3 is 13.6 Å². The van der Waals surface area contributed by atoms with Crippen molar-refractivity contribution in [2.75, 3.05) is 0 Å². The number of benzene rings is 1. The molecule has 0 aliphatic rings. The molecule has 2 aromatic heterocycles. The van der Waals surface area contributed by atoms with Crippen LogP contribution in [0.15, 0.2) is 39.4 Å². The van der Waals surface area contributed by atoms with Gasteiger partial charge in [-0.25, -0.2) is 9.97 Å². The van der Waals surface area contributed by atoms with Crippen molar-refractivity contribution in [3.8, 4) is 5.75 Å². The van der Waals surface area contributed by atoms with Crippen LogP contribution in [-0.2, 0) is 6.61 Å². The van der Waals surface area contributed by atoms with E-state index >= 15 is 0 Å². The van der Waals surface area contributed by atoms with Crippen LogP contribution < -0.4 is 15.8 Å².